The van der Waals surface area contributed by atoms with Crippen LogP contribution in [0.15, 0.2) is 47.4 Å². The molecule has 1 atom stereocenters. The van der Waals surface area contributed by atoms with Gasteiger partial charge in [-0.25, -0.2) is 8.42 Å². The average molecular weight is 348 g/mol. The van der Waals surface area contributed by atoms with Crippen LogP contribution in [-0.2, 0) is 14.8 Å². The number of para-hydroxylation sites is 2. The third-order valence-electron chi connectivity index (χ3n) is 3.54. The predicted octanol–water partition coefficient (Wildman–Crippen LogP) is 2.22. The van der Waals surface area contributed by atoms with Crippen LogP contribution in [-0.4, -0.2) is 27.5 Å². The fourth-order valence-electron chi connectivity index (χ4n) is 2.29. The SMILES string of the molecule is COc1ccccc1NS(=O)(=O)c1ccc2c(c1)NC(=O)C(C)O2. The van der Waals surface area contributed by atoms with Gasteiger partial charge >= 0.3 is 0 Å². The molecule has 1 aliphatic heterocycles. The molecule has 0 saturated heterocycles. The van der Waals surface area contributed by atoms with Crippen LogP contribution < -0.4 is 19.5 Å². The van der Waals surface area contributed by atoms with Crippen molar-refractivity contribution in [2.45, 2.75) is 17.9 Å². The Balaban J connectivity index is 1.93. The molecule has 0 fully saturated rings. The molecular formula is C16H16N2O5S. The third kappa shape index (κ3) is 3.00. The molecule has 0 spiro atoms. The van der Waals surface area contributed by atoms with Crippen molar-refractivity contribution in [1.82, 2.24) is 0 Å². The number of rotatable bonds is 4. The molecule has 0 saturated carbocycles. The second-order valence-corrected chi connectivity index (χ2v) is 6.90. The Morgan fingerprint density at radius 1 is 1.21 bits per heavy atom. The highest BCUT2D eigenvalue weighted by Gasteiger charge is 2.26. The summed E-state index contributed by atoms with van der Waals surface area (Å²) in [4.78, 5) is 11.7. The summed E-state index contributed by atoms with van der Waals surface area (Å²) in [5.41, 5.74) is 0.646. The Hall–Kier alpha value is -2.74. The molecular weight excluding hydrogens is 332 g/mol. The summed E-state index contributed by atoms with van der Waals surface area (Å²) in [5, 5.41) is 2.63. The van der Waals surface area contributed by atoms with Crippen molar-refractivity contribution in [3.05, 3.63) is 42.5 Å². The van der Waals surface area contributed by atoms with Crippen LogP contribution in [0.2, 0.25) is 0 Å². The van der Waals surface area contributed by atoms with Gasteiger partial charge in [0.1, 0.15) is 11.5 Å². The number of ether oxygens (including phenoxy) is 2. The molecule has 126 valence electrons. The fourth-order valence-corrected chi connectivity index (χ4v) is 3.38. The van der Waals surface area contributed by atoms with E-state index in [1.54, 1.807) is 31.2 Å². The maximum absolute atomic E-state index is 12.6. The highest BCUT2D eigenvalue weighted by molar-refractivity contribution is 7.92. The van der Waals surface area contributed by atoms with E-state index in [-0.39, 0.29) is 10.8 Å². The maximum Gasteiger partial charge on any atom is 0.265 e. The number of anilines is 2. The number of fused-ring (bicyclic) bond motifs is 1. The zero-order valence-corrected chi connectivity index (χ0v) is 13.9. The van der Waals surface area contributed by atoms with E-state index in [0.717, 1.165) is 0 Å². The summed E-state index contributed by atoms with van der Waals surface area (Å²) in [5.74, 6) is 0.512. The van der Waals surface area contributed by atoms with Gasteiger partial charge in [0.2, 0.25) is 0 Å². The van der Waals surface area contributed by atoms with Gasteiger partial charge in [0.15, 0.2) is 6.10 Å². The number of amides is 1. The van der Waals surface area contributed by atoms with Crippen LogP contribution in [0.5, 0.6) is 11.5 Å². The van der Waals surface area contributed by atoms with Crippen LogP contribution in [0.4, 0.5) is 11.4 Å². The Kier molecular flexibility index (Phi) is 4.06. The zero-order valence-electron chi connectivity index (χ0n) is 13.1. The Morgan fingerprint density at radius 3 is 2.71 bits per heavy atom. The number of benzene rings is 2. The molecule has 1 aliphatic rings. The second kappa shape index (κ2) is 6.04. The Labute approximate surface area is 139 Å². The molecule has 0 radical (unpaired) electrons. The van der Waals surface area contributed by atoms with E-state index in [4.69, 9.17) is 9.47 Å². The first-order chi connectivity index (χ1) is 11.4. The van der Waals surface area contributed by atoms with E-state index in [1.165, 1.54) is 25.3 Å². The molecule has 1 unspecified atom stereocenters. The highest BCUT2D eigenvalue weighted by atomic mass is 32.2. The molecule has 2 aromatic rings. The first kappa shape index (κ1) is 16.1. The summed E-state index contributed by atoms with van der Waals surface area (Å²) in [6.45, 7) is 1.62. The molecule has 24 heavy (non-hydrogen) atoms. The number of carbonyl (C=O) groups is 1. The Morgan fingerprint density at radius 2 is 1.96 bits per heavy atom. The van der Waals surface area contributed by atoms with Crippen LogP contribution in [0, 0.1) is 0 Å². The monoisotopic (exact) mass is 348 g/mol. The molecule has 8 heteroatoms. The van der Waals surface area contributed by atoms with Gasteiger partial charge in [-0.2, -0.15) is 0 Å². The van der Waals surface area contributed by atoms with Gasteiger partial charge in [-0.05, 0) is 37.3 Å². The second-order valence-electron chi connectivity index (χ2n) is 5.21. The minimum absolute atomic E-state index is 0.00519. The first-order valence-electron chi connectivity index (χ1n) is 7.18. The van der Waals surface area contributed by atoms with Gasteiger partial charge in [0.05, 0.1) is 23.4 Å². The number of nitrogens with one attached hydrogen (secondary N) is 2. The number of methoxy groups -OCH3 is 1. The topological polar surface area (TPSA) is 93.7 Å². The minimum atomic E-state index is -3.85. The molecule has 1 heterocycles. The van der Waals surface area contributed by atoms with Crippen molar-refractivity contribution in [1.29, 1.82) is 0 Å². The number of carbonyl (C=O) groups excluding carboxylic acids is 1. The molecule has 0 bridgehead atoms. The molecule has 3 rings (SSSR count). The van der Waals surface area contributed by atoms with Crippen LogP contribution >= 0.6 is 0 Å². The molecule has 1 amide bonds. The van der Waals surface area contributed by atoms with Crippen molar-refractivity contribution in [2.75, 3.05) is 17.1 Å². The quantitative estimate of drug-likeness (QED) is 0.883. The number of sulfonamides is 1. The average Bonchev–Trinajstić information content (AvgIpc) is 2.55. The highest BCUT2D eigenvalue weighted by Crippen LogP contribution is 2.33. The van der Waals surface area contributed by atoms with Gasteiger partial charge in [-0.1, -0.05) is 12.1 Å². The maximum atomic E-state index is 12.6. The lowest BCUT2D eigenvalue weighted by Crippen LogP contribution is -2.34. The van der Waals surface area contributed by atoms with E-state index in [2.05, 4.69) is 10.0 Å². The van der Waals surface area contributed by atoms with Crippen LogP contribution in [0.25, 0.3) is 0 Å². The Bertz CT molecular complexity index is 895. The van der Waals surface area contributed by atoms with Crippen molar-refractivity contribution in [3.63, 3.8) is 0 Å². The summed E-state index contributed by atoms with van der Waals surface area (Å²) in [6, 6.07) is 11.0. The smallest absolute Gasteiger partial charge is 0.265 e. The van der Waals surface area contributed by atoms with Gasteiger partial charge in [0.25, 0.3) is 15.9 Å². The van der Waals surface area contributed by atoms with Crippen molar-refractivity contribution < 1.29 is 22.7 Å². The summed E-state index contributed by atoms with van der Waals surface area (Å²) >= 11 is 0. The van der Waals surface area contributed by atoms with E-state index < -0.39 is 16.1 Å². The van der Waals surface area contributed by atoms with E-state index in [9.17, 15) is 13.2 Å². The molecule has 2 aromatic carbocycles. The summed E-state index contributed by atoms with van der Waals surface area (Å²) in [6.07, 6.45) is -0.619. The third-order valence-corrected chi connectivity index (χ3v) is 4.91. The first-order valence-corrected chi connectivity index (χ1v) is 8.66. The standard InChI is InChI=1S/C16H16N2O5S/c1-10-16(19)17-13-9-11(7-8-15(13)23-10)24(20,21)18-12-5-3-4-6-14(12)22-2/h3-10,18H,1-2H3,(H,17,19). The lowest BCUT2D eigenvalue weighted by Gasteiger charge is -2.23. The van der Waals surface area contributed by atoms with Gasteiger partial charge in [-0.3, -0.25) is 9.52 Å². The van der Waals surface area contributed by atoms with Crippen molar-refractivity contribution in [2.24, 2.45) is 0 Å². The number of hydrogen-bond donors (Lipinski definition) is 2. The van der Waals surface area contributed by atoms with Crippen LogP contribution in [0.1, 0.15) is 6.92 Å². The van der Waals surface area contributed by atoms with E-state index in [0.29, 0.717) is 22.9 Å². The summed E-state index contributed by atoms with van der Waals surface area (Å²) in [7, 11) is -2.39. The van der Waals surface area contributed by atoms with Crippen LogP contribution in [0.3, 0.4) is 0 Å². The van der Waals surface area contributed by atoms with Gasteiger partial charge in [0, 0.05) is 0 Å². The molecule has 0 aromatic heterocycles. The lowest BCUT2D eigenvalue weighted by atomic mass is 10.2. The van der Waals surface area contributed by atoms with E-state index in [1.807, 2.05) is 0 Å². The fraction of sp³-hybridized carbons (Fsp3) is 0.188. The minimum Gasteiger partial charge on any atom is -0.495 e. The summed E-state index contributed by atoms with van der Waals surface area (Å²) < 4.78 is 38.2. The van der Waals surface area contributed by atoms with Gasteiger partial charge in [-0.15, -0.1) is 0 Å². The van der Waals surface area contributed by atoms with E-state index >= 15 is 0 Å². The normalized spacial score (nSPS) is 16.6. The number of hydrogen-bond acceptors (Lipinski definition) is 5. The largest absolute Gasteiger partial charge is 0.495 e. The predicted molar refractivity (Wildman–Crippen MR) is 89.0 cm³/mol. The molecule has 7 nitrogen and oxygen atoms in total. The zero-order chi connectivity index (χ0) is 17.3. The lowest BCUT2D eigenvalue weighted by molar-refractivity contribution is -0.122. The van der Waals surface area contributed by atoms with Crippen molar-refractivity contribution >= 4 is 27.3 Å². The van der Waals surface area contributed by atoms with Crippen molar-refractivity contribution in [3.8, 4) is 11.5 Å². The van der Waals surface area contributed by atoms with Gasteiger partial charge < -0.3 is 14.8 Å². The molecule has 2 N–H and O–H groups in total. The molecule has 0 aliphatic carbocycles.